The highest BCUT2D eigenvalue weighted by Gasteiger charge is 2.33. The predicted molar refractivity (Wildman–Crippen MR) is 319 cm³/mol. The van der Waals surface area contributed by atoms with Crippen molar-refractivity contribution in [3.8, 4) is 17.3 Å². The molecule has 0 aliphatic carbocycles. The topological polar surface area (TPSA) is 33.5 Å². The number of hydrogen-bond acceptors (Lipinski definition) is 4. The van der Waals surface area contributed by atoms with Crippen molar-refractivity contribution in [1.82, 2.24) is 9.55 Å². The molecular formula is C70H78N4O. The van der Waals surface area contributed by atoms with Crippen LogP contribution in [0.5, 0.6) is 11.5 Å². The number of benzene rings is 7. The fourth-order valence-electron chi connectivity index (χ4n) is 10.8. The highest BCUT2D eigenvalue weighted by atomic mass is 16.5. The summed E-state index contributed by atoms with van der Waals surface area (Å²) in [6, 6.07) is 60.6. The quantitative estimate of drug-likeness (QED) is 0.144. The van der Waals surface area contributed by atoms with E-state index in [2.05, 4.69) is 289 Å². The summed E-state index contributed by atoms with van der Waals surface area (Å²) in [5, 5.41) is 2.33. The molecule has 0 spiro atoms. The molecule has 384 valence electrons. The van der Waals surface area contributed by atoms with E-state index in [1.54, 1.807) is 0 Å². The molecule has 5 heteroatoms. The van der Waals surface area contributed by atoms with E-state index in [4.69, 9.17) is 9.72 Å². The van der Waals surface area contributed by atoms with E-state index >= 15 is 0 Å². The molecule has 3 heterocycles. The molecule has 0 radical (unpaired) electrons. The van der Waals surface area contributed by atoms with Crippen molar-refractivity contribution < 1.29 is 4.74 Å². The Morgan fingerprint density at radius 3 is 1.48 bits per heavy atom. The van der Waals surface area contributed by atoms with E-state index in [9.17, 15) is 0 Å². The van der Waals surface area contributed by atoms with Gasteiger partial charge >= 0.3 is 0 Å². The molecule has 0 amide bonds. The molecule has 7 aromatic carbocycles. The van der Waals surface area contributed by atoms with Crippen molar-refractivity contribution in [3.63, 3.8) is 0 Å². The van der Waals surface area contributed by atoms with Crippen molar-refractivity contribution in [2.45, 2.75) is 143 Å². The highest BCUT2D eigenvalue weighted by molar-refractivity contribution is 6.10. The Labute approximate surface area is 448 Å². The average Bonchev–Trinajstić information content (AvgIpc) is 3.91. The first-order valence-corrected chi connectivity index (χ1v) is 27.0. The standard InChI is InChI=1S/C70H78N4O/c1-65(2,3)49-35-50(66(4,5)6)38-53(37-49)70(15,16)48-33-34-71-64(42-48)74-60-32-29-47(69(13,14)46-23-18-17-19-24-46)41-59(60)58-31-30-57(44-63(58)74)75-56-26-22-25-54(43-56)72-45-73(62-28-21-20-27-61(62)72)55-39-51(67(7,8)9)36-52(40-55)68(10,11)12/h17-44H,45H2,1-16H3. The Morgan fingerprint density at radius 2 is 0.880 bits per heavy atom. The molecule has 0 unspecified atom stereocenters. The van der Waals surface area contributed by atoms with Crippen LogP contribution in [-0.4, -0.2) is 16.2 Å². The second-order valence-corrected chi connectivity index (χ2v) is 26.4. The number of fused-ring (bicyclic) bond motifs is 4. The van der Waals surface area contributed by atoms with Crippen LogP contribution in [0.1, 0.15) is 155 Å². The molecule has 0 saturated carbocycles. The zero-order chi connectivity index (χ0) is 53.6. The van der Waals surface area contributed by atoms with Crippen LogP contribution in [-0.2, 0) is 32.5 Å². The van der Waals surface area contributed by atoms with Crippen molar-refractivity contribution in [2.75, 3.05) is 16.5 Å². The smallest absolute Gasteiger partial charge is 0.137 e. The normalized spacial score (nSPS) is 13.8. The minimum absolute atomic E-state index is 0.00415. The van der Waals surface area contributed by atoms with Gasteiger partial charge in [0.1, 0.15) is 24.0 Å². The number of pyridine rings is 1. The maximum atomic E-state index is 6.95. The van der Waals surface area contributed by atoms with Gasteiger partial charge in [-0.05, 0) is 139 Å². The fourth-order valence-corrected chi connectivity index (χ4v) is 10.8. The number of rotatable bonds is 9. The van der Waals surface area contributed by atoms with Gasteiger partial charge in [-0.1, -0.05) is 190 Å². The molecule has 2 aromatic heterocycles. The Hall–Kier alpha value is -7.11. The Kier molecular flexibility index (Phi) is 12.6. The lowest BCUT2D eigenvalue weighted by molar-refractivity contribution is 0.483. The second-order valence-electron chi connectivity index (χ2n) is 26.4. The molecule has 1 aliphatic rings. The summed E-state index contributed by atoms with van der Waals surface area (Å²) in [6.45, 7) is 37.8. The molecule has 10 rings (SSSR count). The van der Waals surface area contributed by atoms with Crippen LogP contribution < -0.4 is 14.5 Å². The lowest BCUT2D eigenvalue weighted by Gasteiger charge is -2.32. The molecular weight excluding hydrogens is 913 g/mol. The lowest BCUT2D eigenvalue weighted by Crippen LogP contribution is -2.25. The summed E-state index contributed by atoms with van der Waals surface area (Å²) in [6.07, 6.45) is 1.99. The zero-order valence-corrected chi connectivity index (χ0v) is 47.6. The van der Waals surface area contributed by atoms with Gasteiger partial charge < -0.3 is 14.5 Å². The SMILES string of the molecule is CC(C)(C)c1cc(N2CN(c3cccc(Oc4ccc5c6cc(C(C)(C)c7ccccc7)ccc6n(-c6cc(C(C)(C)c7cc(C(C)(C)C)cc(C(C)(C)C)c7)ccn6)c5c4)c3)c3ccccc32)cc(C(C)(C)C)c1. The van der Waals surface area contributed by atoms with Gasteiger partial charge in [-0.3, -0.25) is 4.57 Å². The van der Waals surface area contributed by atoms with E-state index in [1.165, 1.54) is 67.0 Å². The number of ether oxygens (including phenoxy) is 1. The minimum atomic E-state index is -0.317. The molecule has 0 fully saturated rings. The summed E-state index contributed by atoms with van der Waals surface area (Å²) < 4.78 is 9.30. The van der Waals surface area contributed by atoms with Crippen molar-refractivity contribution >= 4 is 44.6 Å². The molecule has 75 heavy (non-hydrogen) atoms. The summed E-state index contributed by atoms with van der Waals surface area (Å²) in [7, 11) is 0. The van der Waals surface area contributed by atoms with Crippen molar-refractivity contribution in [3.05, 3.63) is 214 Å². The average molecular weight is 991 g/mol. The summed E-state index contributed by atoms with van der Waals surface area (Å²) >= 11 is 0. The van der Waals surface area contributed by atoms with E-state index in [1.807, 2.05) is 6.20 Å². The van der Waals surface area contributed by atoms with Gasteiger partial charge in [0, 0.05) is 51.3 Å². The fraction of sp³-hybridized carbons (Fsp3) is 0.329. The van der Waals surface area contributed by atoms with Gasteiger partial charge in [0.2, 0.25) is 0 Å². The van der Waals surface area contributed by atoms with Crippen LogP contribution in [0, 0.1) is 0 Å². The molecule has 9 aromatic rings. The van der Waals surface area contributed by atoms with Gasteiger partial charge in [-0.15, -0.1) is 0 Å². The van der Waals surface area contributed by atoms with Crippen LogP contribution in [0.4, 0.5) is 22.7 Å². The van der Waals surface area contributed by atoms with Crippen molar-refractivity contribution in [2.24, 2.45) is 0 Å². The predicted octanol–water partition coefficient (Wildman–Crippen LogP) is 19.1. The Bertz CT molecular complexity index is 3540. The lowest BCUT2D eigenvalue weighted by atomic mass is 9.72. The second kappa shape index (κ2) is 18.3. The number of nitrogens with zero attached hydrogens (tertiary/aromatic N) is 4. The summed E-state index contributed by atoms with van der Waals surface area (Å²) in [4.78, 5) is 10.0. The molecule has 0 saturated heterocycles. The largest absolute Gasteiger partial charge is 0.457 e. The molecule has 0 bridgehead atoms. The van der Waals surface area contributed by atoms with Gasteiger partial charge in [-0.2, -0.15) is 0 Å². The maximum Gasteiger partial charge on any atom is 0.137 e. The summed E-state index contributed by atoms with van der Waals surface area (Å²) in [5.74, 6) is 2.41. The van der Waals surface area contributed by atoms with E-state index in [-0.39, 0.29) is 32.5 Å². The van der Waals surface area contributed by atoms with Crippen LogP contribution in [0.25, 0.3) is 27.6 Å². The molecule has 0 N–H and O–H groups in total. The number of anilines is 4. The highest BCUT2D eigenvalue weighted by Crippen LogP contribution is 2.47. The van der Waals surface area contributed by atoms with Gasteiger partial charge in [0.25, 0.3) is 0 Å². The Balaban J connectivity index is 1.06. The third-order valence-corrected chi connectivity index (χ3v) is 16.1. The first kappa shape index (κ1) is 51.4. The van der Waals surface area contributed by atoms with E-state index < -0.39 is 0 Å². The van der Waals surface area contributed by atoms with Crippen LogP contribution >= 0.6 is 0 Å². The first-order chi connectivity index (χ1) is 35.2. The third-order valence-electron chi connectivity index (χ3n) is 16.1. The van der Waals surface area contributed by atoms with Crippen LogP contribution in [0.15, 0.2) is 170 Å². The van der Waals surface area contributed by atoms with E-state index in [0.717, 1.165) is 39.4 Å². The van der Waals surface area contributed by atoms with Gasteiger partial charge in [-0.25, -0.2) is 4.98 Å². The third kappa shape index (κ3) is 9.76. The Morgan fingerprint density at radius 1 is 0.360 bits per heavy atom. The maximum absolute atomic E-state index is 6.95. The summed E-state index contributed by atoms with van der Waals surface area (Å²) in [5.41, 5.74) is 16.7. The minimum Gasteiger partial charge on any atom is -0.457 e. The van der Waals surface area contributed by atoms with E-state index in [0.29, 0.717) is 6.67 Å². The number of aromatic nitrogens is 2. The van der Waals surface area contributed by atoms with Crippen molar-refractivity contribution in [1.29, 1.82) is 0 Å². The first-order valence-electron chi connectivity index (χ1n) is 27.0. The zero-order valence-electron chi connectivity index (χ0n) is 47.6. The van der Waals surface area contributed by atoms with Crippen LogP contribution in [0.2, 0.25) is 0 Å². The molecule has 1 aliphatic heterocycles. The number of hydrogen-bond donors (Lipinski definition) is 0. The monoisotopic (exact) mass is 991 g/mol. The van der Waals surface area contributed by atoms with Gasteiger partial charge in [0.15, 0.2) is 0 Å². The molecule has 0 atom stereocenters. The number of para-hydroxylation sites is 2. The van der Waals surface area contributed by atoms with Gasteiger partial charge in [0.05, 0.1) is 22.4 Å². The molecule has 5 nitrogen and oxygen atoms in total. The van der Waals surface area contributed by atoms with Crippen LogP contribution in [0.3, 0.4) is 0 Å².